The first-order valence-electron chi connectivity index (χ1n) is 6.56. The molecule has 0 radical (unpaired) electrons. The fraction of sp³-hybridized carbons (Fsp3) is 0.429. The molecule has 0 aliphatic rings. The first-order chi connectivity index (χ1) is 9.58. The minimum absolute atomic E-state index is 0.0391. The smallest absolute Gasteiger partial charge is 0.408 e. The average molecular weight is 279 g/mol. The van der Waals surface area contributed by atoms with Gasteiger partial charge in [0.25, 0.3) is 5.91 Å². The van der Waals surface area contributed by atoms with E-state index in [-0.39, 0.29) is 12.5 Å². The highest BCUT2D eigenvalue weighted by atomic mass is 16.5. The molecule has 0 aromatic heterocycles. The van der Waals surface area contributed by atoms with Crippen LogP contribution in [0.25, 0.3) is 0 Å². The summed E-state index contributed by atoms with van der Waals surface area (Å²) in [6, 6.07) is 8.61. The molecule has 1 rings (SSSR count). The van der Waals surface area contributed by atoms with Gasteiger partial charge in [-0.25, -0.2) is 10.6 Å². The Labute approximate surface area is 118 Å². The molecule has 0 saturated heterocycles. The minimum Gasteiger partial charge on any atom is -0.445 e. The highest BCUT2D eigenvalue weighted by Gasteiger charge is 2.25. The normalized spacial score (nSPS) is 13.2. The number of alkyl carbamates (subject to hydrolysis) is 1. The molecule has 0 fully saturated rings. The van der Waals surface area contributed by atoms with Crippen LogP contribution >= 0.6 is 0 Å². The summed E-state index contributed by atoms with van der Waals surface area (Å²) in [5, 5.41) is 2.54. The first-order valence-corrected chi connectivity index (χ1v) is 6.56. The van der Waals surface area contributed by atoms with Crippen LogP contribution in [0, 0.1) is 5.92 Å². The molecule has 110 valence electrons. The Hall–Kier alpha value is -2.08. The lowest BCUT2D eigenvalue weighted by Gasteiger charge is -2.22. The molecule has 0 bridgehead atoms. The molecule has 1 aromatic carbocycles. The van der Waals surface area contributed by atoms with E-state index in [1.54, 1.807) is 0 Å². The van der Waals surface area contributed by atoms with Crippen LogP contribution < -0.4 is 16.6 Å². The van der Waals surface area contributed by atoms with E-state index in [2.05, 4.69) is 10.7 Å². The number of nitrogens with one attached hydrogen (secondary N) is 2. The number of hydrogen-bond donors (Lipinski definition) is 3. The quantitative estimate of drug-likeness (QED) is 0.416. The van der Waals surface area contributed by atoms with Crippen LogP contribution in [0.1, 0.15) is 25.8 Å². The van der Waals surface area contributed by atoms with Crippen LogP contribution in [0.2, 0.25) is 0 Å². The Morgan fingerprint density at radius 2 is 1.95 bits per heavy atom. The Morgan fingerprint density at radius 3 is 2.50 bits per heavy atom. The number of nitrogens with two attached hydrogens (primary N) is 1. The van der Waals surface area contributed by atoms with Gasteiger partial charge >= 0.3 is 6.09 Å². The minimum atomic E-state index is -0.701. The molecule has 0 saturated carbocycles. The van der Waals surface area contributed by atoms with E-state index in [1.807, 2.05) is 44.2 Å². The van der Waals surface area contributed by atoms with Crippen molar-refractivity contribution in [1.29, 1.82) is 0 Å². The summed E-state index contributed by atoms with van der Waals surface area (Å²) in [6.07, 6.45) is 0.0968. The number of rotatable bonds is 6. The highest BCUT2D eigenvalue weighted by molar-refractivity contribution is 5.85. The molecule has 20 heavy (non-hydrogen) atoms. The zero-order chi connectivity index (χ0) is 15.0. The third-order valence-electron chi connectivity index (χ3n) is 3.12. The lowest BCUT2D eigenvalue weighted by molar-refractivity contribution is -0.124. The van der Waals surface area contributed by atoms with Gasteiger partial charge in [-0.1, -0.05) is 50.6 Å². The molecule has 0 aliphatic heterocycles. The summed E-state index contributed by atoms with van der Waals surface area (Å²) in [5.41, 5.74) is 2.93. The summed E-state index contributed by atoms with van der Waals surface area (Å²) in [5.74, 6) is 4.64. The number of amides is 2. The van der Waals surface area contributed by atoms with Crippen molar-refractivity contribution in [3.8, 4) is 0 Å². The van der Waals surface area contributed by atoms with E-state index >= 15 is 0 Å². The predicted octanol–water partition coefficient (Wildman–Crippen LogP) is 1.32. The Kier molecular flexibility index (Phi) is 6.52. The molecule has 0 unspecified atom stereocenters. The molecule has 6 nitrogen and oxygen atoms in total. The molecule has 0 heterocycles. The summed E-state index contributed by atoms with van der Waals surface area (Å²) < 4.78 is 5.08. The maximum absolute atomic E-state index is 11.7. The average Bonchev–Trinajstić information content (AvgIpc) is 2.50. The number of ether oxygens (including phenoxy) is 1. The van der Waals surface area contributed by atoms with E-state index in [9.17, 15) is 9.59 Å². The molecule has 1 aromatic rings. The zero-order valence-corrected chi connectivity index (χ0v) is 11.8. The van der Waals surface area contributed by atoms with Gasteiger partial charge in [0, 0.05) is 0 Å². The van der Waals surface area contributed by atoms with E-state index in [4.69, 9.17) is 10.6 Å². The number of hydrazine groups is 1. The lowest BCUT2D eigenvalue weighted by Crippen LogP contribution is -2.52. The fourth-order valence-corrected chi connectivity index (χ4v) is 1.68. The summed E-state index contributed by atoms with van der Waals surface area (Å²) >= 11 is 0. The lowest BCUT2D eigenvalue weighted by atomic mass is 9.99. The van der Waals surface area contributed by atoms with Gasteiger partial charge in [-0.3, -0.25) is 10.2 Å². The maximum atomic E-state index is 11.7. The summed E-state index contributed by atoms with van der Waals surface area (Å²) in [7, 11) is 0. The molecular formula is C14H21N3O3. The molecule has 4 N–H and O–H groups in total. The molecule has 2 atom stereocenters. The molecule has 6 heteroatoms. The van der Waals surface area contributed by atoms with Crippen molar-refractivity contribution >= 4 is 12.0 Å². The van der Waals surface area contributed by atoms with E-state index in [1.165, 1.54) is 0 Å². The monoisotopic (exact) mass is 279 g/mol. The second kappa shape index (κ2) is 8.16. The summed E-state index contributed by atoms with van der Waals surface area (Å²) in [6.45, 7) is 3.94. The van der Waals surface area contributed by atoms with Crippen LogP contribution in [-0.2, 0) is 16.1 Å². The van der Waals surface area contributed by atoms with Crippen LogP contribution in [-0.4, -0.2) is 18.0 Å². The van der Waals surface area contributed by atoms with E-state index in [0.29, 0.717) is 0 Å². The van der Waals surface area contributed by atoms with Crippen molar-refractivity contribution in [3.05, 3.63) is 35.9 Å². The van der Waals surface area contributed by atoms with Crippen LogP contribution in [0.3, 0.4) is 0 Å². The first kappa shape index (κ1) is 16.0. The van der Waals surface area contributed by atoms with Gasteiger partial charge in [-0.15, -0.1) is 0 Å². The van der Waals surface area contributed by atoms with Gasteiger partial charge < -0.3 is 10.1 Å². The Morgan fingerprint density at radius 1 is 1.30 bits per heavy atom. The van der Waals surface area contributed by atoms with Crippen molar-refractivity contribution in [2.24, 2.45) is 11.8 Å². The zero-order valence-electron chi connectivity index (χ0n) is 11.8. The SMILES string of the molecule is CC[C@H](C)[C@H](NC(=O)OCc1ccccc1)C(=O)NN. The topological polar surface area (TPSA) is 93.4 Å². The van der Waals surface area contributed by atoms with Crippen molar-refractivity contribution < 1.29 is 14.3 Å². The maximum Gasteiger partial charge on any atom is 0.408 e. The Bertz CT molecular complexity index is 437. The fourth-order valence-electron chi connectivity index (χ4n) is 1.68. The number of hydrogen-bond acceptors (Lipinski definition) is 4. The van der Waals surface area contributed by atoms with Crippen molar-refractivity contribution in [3.63, 3.8) is 0 Å². The largest absolute Gasteiger partial charge is 0.445 e. The van der Waals surface area contributed by atoms with Gasteiger partial charge in [0.15, 0.2) is 0 Å². The molecule has 0 aliphatic carbocycles. The number of carbonyl (C=O) groups is 2. The Balaban J connectivity index is 2.51. The predicted molar refractivity (Wildman–Crippen MR) is 75.3 cm³/mol. The van der Waals surface area contributed by atoms with Crippen LogP contribution in [0.5, 0.6) is 0 Å². The standard InChI is InChI=1S/C14H21N3O3/c1-3-10(2)12(13(18)17-15)16-14(19)20-9-11-7-5-4-6-8-11/h4-8,10,12H,3,9,15H2,1-2H3,(H,16,19)(H,17,18)/t10-,12-/m0/s1. The van der Waals surface area contributed by atoms with Crippen LogP contribution in [0.15, 0.2) is 30.3 Å². The van der Waals surface area contributed by atoms with E-state index in [0.717, 1.165) is 12.0 Å². The molecule has 0 spiro atoms. The second-order valence-electron chi connectivity index (χ2n) is 4.58. The van der Waals surface area contributed by atoms with E-state index < -0.39 is 18.0 Å². The summed E-state index contributed by atoms with van der Waals surface area (Å²) in [4.78, 5) is 23.3. The van der Waals surface area contributed by atoms with Crippen LogP contribution in [0.4, 0.5) is 4.79 Å². The van der Waals surface area contributed by atoms with Gasteiger partial charge in [0.2, 0.25) is 0 Å². The van der Waals surface area contributed by atoms with Gasteiger partial charge in [-0.2, -0.15) is 0 Å². The second-order valence-corrected chi connectivity index (χ2v) is 4.58. The number of benzene rings is 1. The number of carbonyl (C=O) groups excluding carboxylic acids is 2. The van der Waals surface area contributed by atoms with Crippen molar-refractivity contribution in [1.82, 2.24) is 10.7 Å². The molecular weight excluding hydrogens is 258 g/mol. The van der Waals surface area contributed by atoms with Gasteiger partial charge in [-0.05, 0) is 11.5 Å². The third-order valence-corrected chi connectivity index (χ3v) is 3.12. The molecule has 2 amide bonds. The van der Waals surface area contributed by atoms with Crippen molar-refractivity contribution in [2.75, 3.05) is 0 Å². The van der Waals surface area contributed by atoms with Crippen molar-refractivity contribution in [2.45, 2.75) is 32.9 Å². The highest BCUT2D eigenvalue weighted by Crippen LogP contribution is 2.08. The van der Waals surface area contributed by atoms with Gasteiger partial charge in [0.1, 0.15) is 12.6 Å². The third kappa shape index (κ3) is 4.89. The van der Waals surface area contributed by atoms with Gasteiger partial charge in [0.05, 0.1) is 0 Å².